The van der Waals surface area contributed by atoms with Crippen LogP contribution in [0.2, 0.25) is 0 Å². The lowest BCUT2D eigenvalue weighted by molar-refractivity contribution is -0.137. The number of amides is 2. The largest absolute Gasteiger partial charge is 0.416 e. The number of rotatable bonds is 7. The zero-order valence-corrected chi connectivity index (χ0v) is 18.7. The summed E-state index contributed by atoms with van der Waals surface area (Å²) in [5.41, 5.74) is 0.502. The maximum Gasteiger partial charge on any atom is 0.416 e. The molecule has 0 saturated carbocycles. The molecule has 3 aromatic rings. The number of hydrogen-bond donors (Lipinski definition) is 3. The average Bonchev–Trinajstić information content (AvgIpc) is 2.82. The van der Waals surface area contributed by atoms with Gasteiger partial charge in [-0.3, -0.25) is 0 Å². The summed E-state index contributed by atoms with van der Waals surface area (Å²) in [5.74, 6) is 5.83. The van der Waals surface area contributed by atoms with Gasteiger partial charge in [0.25, 0.3) is 0 Å². The van der Waals surface area contributed by atoms with E-state index in [2.05, 4.69) is 65.0 Å². The topological polar surface area (TPSA) is 53.2 Å². The fourth-order valence-corrected chi connectivity index (χ4v) is 3.42. The predicted molar refractivity (Wildman–Crippen MR) is 130 cm³/mol. The molecule has 0 heterocycles. The van der Waals surface area contributed by atoms with Crippen LogP contribution in [-0.4, -0.2) is 19.1 Å². The number of benzene rings is 3. The third-order valence-corrected chi connectivity index (χ3v) is 5.12. The molecule has 7 heteroatoms. The standard InChI is InChI=1S/C27H26F3N3O/c1-20(24-16-9-12-21-11-5-6-15-25(21)24)31-17-7-3-2-4-8-18-32-26(34)33-23-14-10-13-22(19-23)27(28,29)30/h3,5-7,9-16,19-20,31H,8,17-18H2,1H3,(H2,32,33,34)/t20-/m1/s1. The summed E-state index contributed by atoms with van der Waals surface area (Å²) in [5, 5.41) is 10.9. The van der Waals surface area contributed by atoms with Gasteiger partial charge in [0, 0.05) is 31.2 Å². The molecular weight excluding hydrogens is 439 g/mol. The van der Waals surface area contributed by atoms with Crippen molar-refractivity contribution in [3.05, 3.63) is 90.0 Å². The normalized spacial score (nSPS) is 12.2. The molecule has 0 fully saturated rings. The zero-order chi connectivity index (χ0) is 24.4. The lowest BCUT2D eigenvalue weighted by atomic mass is 10.00. The molecule has 0 aromatic heterocycles. The molecule has 0 aliphatic carbocycles. The Labute approximate surface area is 197 Å². The van der Waals surface area contributed by atoms with Gasteiger partial charge in [0.2, 0.25) is 0 Å². The predicted octanol–water partition coefficient (Wildman–Crippen LogP) is 6.28. The maximum absolute atomic E-state index is 12.7. The van der Waals surface area contributed by atoms with Gasteiger partial charge in [-0.2, -0.15) is 13.2 Å². The molecule has 0 saturated heterocycles. The highest BCUT2D eigenvalue weighted by atomic mass is 19.4. The molecule has 0 bridgehead atoms. The maximum atomic E-state index is 12.7. The summed E-state index contributed by atoms with van der Waals surface area (Å²) in [4.78, 5) is 11.8. The number of urea groups is 1. The van der Waals surface area contributed by atoms with Crippen molar-refractivity contribution in [1.29, 1.82) is 0 Å². The monoisotopic (exact) mass is 465 g/mol. The Morgan fingerprint density at radius 3 is 2.65 bits per heavy atom. The number of allylic oxidation sites excluding steroid dienone is 1. The summed E-state index contributed by atoms with van der Waals surface area (Å²) in [6.45, 7) is 3.07. The second kappa shape index (κ2) is 11.9. The van der Waals surface area contributed by atoms with Crippen molar-refractivity contribution in [3.8, 4) is 11.8 Å². The summed E-state index contributed by atoms with van der Waals surface area (Å²) < 4.78 is 38.2. The second-order valence-corrected chi connectivity index (χ2v) is 7.63. The number of halogens is 3. The molecule has 3 aromatic carbocycles. The zero-order valence-electron chi connectivity index (χ0n) is 18.7. The number of carbonyl (C=O) groups excluding carboxylic acids is 1. The number of alkyl halides is 3. The number of nitrogens with one attached hydrogen (secondary N) is 3. The molecule has 0 spiro atoms. The van der Waals surface area contributed by atoms with Crippen LogP contribution < -0.4 is 16.0 Å². The van der Waals surface area contributed by atoms with Gasteiger partial charge in [-0.15, -0.1) is 0 Å². The second-order valence-electron chi connectivity index (χ2n) is 7.63. The Morgan fingerprint density at radius 1 is 1.06 bits per heavy atom. The van der Waals surface area contributed by atoms with E-state index in [0.717, 1.165) is 12.1 Å². The number of anilines is 1. The fraction of sp³-hybridized carbons (Fsp3) is 0.222. The van der Waals surface area contributed by atoms with E-state index in [0.29, 0.717) is 13.0 Å². The summed E-state index contributed by atoms with van der Waals surface area (Å²) in [7, 11) is 0. The van der Waals surface area contributed by atoms with Crippen LogP contribution in [0.15, 0.2) is 78.9 Å². The minimum atomic E-state index is -4.46. The number of hydrogen-bond acceptors (Lipinski definition) is 2. The molecule has 0 aliphatic rings. The van der Waals surface area contributed by atoms with Gasteiger partial charge < -0.3 is 16.0 Å². The first-order chi connectivity index (χ1) is 16.3. The van der Waals surface area contributed by atoms with Crippen LogP contribution in [0.5, 0.6) is 0 Å². The minimum Gasteiger partial charge on any atom is -0.337 e. The number of fused-ring (bicyclic) bond motifs is 1. The smallest absolute Gasteiger partial charge is 0.337 e. The van der Waals surface area contributed by atoms with Crippen LogP contribution in [0.1, 0.15) is 30.5 Å². The minimum absolute atomic E-state index is 0.0755. The van der Waals surface area contributed by atoms with Gasteiger partial charge >= 0.3 is 12.2 Å². The third-order valence-electron chi connectivity index (χ3n) is 5.12. The first kappa shape index (κ1) is 24.9. The molecule has 1 atom stereocenters. The lowest BCUT2D eigenvalue weighted by Gasteiger charge is -2.15. The van der Waals surface area contributed by atoms with Crippen molar-refractivity contribution in [2.75, 3.05) is 18.4 Å². The van der Waals surface area contributed by atoms with Crippen molar-refractivity contribution >= 4 is 22.5 Å². The molecule has 3 N–H and O–H groups in total. The highest BCUT2D eigenvalue weighted by Crippen LogP contribution is 2.30. The molecular formula is C27H26F3N3O. The van der Waals surface area contributed by atoms with Gasteiger partial charge in [-0.1, -0.05) is 66.4 Å². The first-order valence-corrected chi connectivity index (χ1v) is 10.9. The molecule has 4 nitrogen and oxygen atoms in total. The molecule has 176 valence electrons. The van der Waals surface area contributed by atoms with E-state index in [4.69, 9.17) is 0 Å². The fourth-order valence-electron chi connectivity index (χ4n) is 3.42. The highest BCUT2D eigenvalue weighted by Gasteiger charge is 2.30. The first-order valence-electron chi connectivity index (χ1n) is 10.9. The third kappa shape index (κ3) is 7.39. The van der Waals surface area contributed by atoms with Crippen LogP contribution >= 0.6 is 0 Å². The van der Waals surface area contributed by atoms with Crippen molar-refractivity contribution in [2.24, 2.45) is 0 Å². The summed E-state index contributed by atoms with van der Waals surface area (Å²) in [6, 6.07) is 18.7. The highest BCUT2D eigenvalue weighted by molar-refractivity contribution is 5.89. The van der Waals surface area contributed by atoms with Crippen molar-refractivity contribution < 1.29 is 18.0 Å². The van der Waals surface area contributed by atoms with Crippen molar-refractivity contribution in [1.82, 2.24) is 10.6 Å². The Hall–Kier alpha value is -3.76. The van der Waals surface area contributed by atoms with Gasteiger partial charge in [0.1, 0.15) is 0 Å². The Morgan fingerprint density at radius 2 is 1.82 bits per heavy atom. The summed E-state index contributed by atoms with van der Waals surface area (Å²) >= 11 is 0. The Kier molecular flexibility index (Phi) is 8.72. The van der Waals surface area contributed by atoms with Crippen LogP contribution in [-0.2, 0) is 6.18 Å². The van der Waals surface area contributed by atoms with Gasteiger partial charge in [-0.05, 0) is 47.5 Å². The molecule has 0 unspecified atom stereocenters. The van der Waals surface area contributed by atoms with Gasteiger partial charge in [0.15, 0.2) is 0 Å². The van der Waals surface area contributed by atoms with E-state index in [1.165, 1.54) is 28.5 Å². The van der Waals surface area contributed by atoms with E-state index in [1.807, 2.05) is 18.2 Å². The summed E-state index contributed by atoms with van der Waals surface area (Å²) in [6.07, 6.45) is -0.352. The molecule has 0 aliphatic heterocycles. The average molecular weight is 466 g/mol. The SMILES string of the molecule is C[C@@H](NCC=CC#CCCNC(=O)Nc1cccc(C(F)(F)F)c1)c1cccc2ccccc12. The van der Waals surface area contributed by atoms with E-state index in [-0.39, 0.29) is 18.3 Å². The van der Waals surface area contributed by atoms with Crippen molar-refractivity contribution in [3.63, 3.8) is 0 Å². The van der Waals surface area contributed by atoms with Gasteiger partial charge in [0.05, 0.1) is 5.56 Å². The molecule has 0 radical (unpaired) electrons. The lowest BCUT2D eigenvalue weighted by Crippen LogP contribution is -2.29. The molecule has 34 heavy (non-hydrogen) atoms. The van der Waals surface area contributed by atoms with Crippen molar-refractivity contribution in [2.45, 2.75) is 25.6 Å². The Bertz CT molecular complexity index is 1200. The molecule has 3 rings (SSSR count). The Balaban J connectivity index is 1.36. The van der Waals surface area contributed by atoms with E-state index in [9.17, 15) is 18.0 Å². The molecule has 2 amide bonds. The van der Waals surface area contributed by atoms with E-state index >= 15 is 0 Å². The van der Waals surface area contributed by atoms with E-state index in [1.54, 1.807) is 6.08 Å². The quantitative estimate of drug-likeness (QED) is 0.284. The van der Waals surface area contributed by atoms with Crippen LogP contribution in [0.4, 0.5) is 23.7 Å². The van der Waals surface area contributed by atoms with Gasteiger partial charge in [-0.25, -0.2) is 4.79 Å². The van der Waals surface area contributed by atoms with Crippen LogP contribution in [0.25, 0.3) is 10.8 Å². The van der Waals surface area contributed by atoms with E-state index < -0.39 is 17.8 Å². The van der Waals surface area contributed by atoms with Crippen LogP contribution in [0, 0.1) is 11.8 Å². The number of carbonyl (C=O) groups is 1. The van der Waals surface area contributed by atoms with Crippen LogP contribution in [0.3, 0.4) is 0 Å².